The van der Waals surface area contributed by atoms with Crippen LogP contribution in [-0.4, -0.2) is 41.9 Å². The van der Waals surface area contributed by atoms with Gasteiger partial charge in [-0.1, -0.05) is 6.07 Å². The number of rotatable bonds is 3. The van der Waals surface area contributed by atoms with Crippen molar-refractivity contribution in [3.05, 3.63) is 35.1 Å². The van der Waals surface area contributed by atoms with Crippen LogP contribution in [-0.2, 0) is 22.4 Å². The molecule has 6 nitrogen and oxygen atoms in total. The lowest BCUT2D eigenvalue weighted by atomic mass is 10.0. The summed E-state index contributed by atoms with van der Waals surface area (Å²) in [5, 5.41) is 4.63. The largest absolute Gasteiger partial charge is 0.342 e. The number of urea groups is 1. The van der Waals surface area contributed by atoms with Gasteiger partial charge in [0.05, 0.1) is 0 Å². The molecule has 1 fully saturated rings. The number of halogens is 1. The number of hydrogen-bond donors (Lipinski definition) is 2. The van der Waals surface area contributed by atoms with E-state index >= 15 is 0 Å². The molecule has 4 amide bonds. The summed E-state index contributed by atoms with van der Waals surface area (Å²) in [6.07, 6.45) is 1.80. The Morgan fingerprint density at radius 1 is 1.22 bits per heavy atom. The molecule has 2 heterocycles. The molecule has 1 saturated heterocycles. The van der Waals surface area contributed by atoms with Crippen molar-refractivity contribution in [3.8, 4) is 0 Å². The van der Waals surface area contributed by atoms with E-state index in [0.717, 1.165) is 11.1 Å². The monoisotopic (exact) mass is 319 g/mol. The molecule has 0 saturated carbocycles. The maximum atomic E-state index is 13.3. The van der Waals surface area contributed by atoms with Crippen LogP contribution in [0.3, 0.4) is 0 Å². The van der Waals surface area contributed by atoms with Crippen LogP contribution in [0.25, 0.3) is 0 Å². The second-order valence-corrected chi connectivity index (χ2v) is 5.85. The molecule has 0 spiro atoms. The number of carbonyl (C=O) groups is 3. The number of nitrogens with zero attached hydrogens (tertiary/aromatic N) is 1. The van der Waals surface area contributed by atoms with Crippen molar-refractivity contribution >= 4 is 17.8 Å². The van der Waals surface area contributed by atoms with Crippen LogP contribution in [0.5, 0.6) is 0 Å². The Balaban J connectivity index is 1.55. The summed E-state index contributed by atoms with van der Waals surface area (Å²) in [5.74, 6) is -0.694. The number of benzene rings is 1. The first-order chi connectivity index (χ1) is 11.0. The summed E-state index contributed by atoms with van der Waals surface area (Å²) in [7, 11) is 0. The standard InChI is InChI=1S/C16H18FN3O3/c17-12-2-1-10-5-7-20(8-6-11(10)9-12)14(21)4-3-13-15(22)19-16(23)18-13/h1-2,9,13H,3-8H2,(H2,18,19,22,23). The third kappa shape index (κ3) is 3.49. The number of carbonyl (C=O) groups excluding carboxylic acids is 3. The molecule has 7 heteroatoms. The molecule has 2 aliphatic rings. The molecule has 2 aliphatic heterocycles. The fourth-order valence-corrected chi connectivity index (χ4v) is 3.03. The zero-order valence-electron chi connectivity index (χ0n) is 12.6. The van der Waals surface area contributed by atoms with Crippen molar-refractivity contribution in [2.75, 3.05) is 13.1 Å². The zero-order valence-corrected chi connectivity index (χ0v) is 12.6. The van der Waals surface area contributed by atoms with Crippen LogP contribution >= 0.6 is 0 Å². The molecule has 0 radical (unpaired) electrons. The Bertz CT molecular complexity index is 662. The number of hydrogen-bond acceptors (Lipinski definition) is 3. The Kier molecular flexibility index (Phi) is 4.27. The molecule has 1 unspecified atom stereocenters. The van der Waals surface area contributed by atoms with Crippen LogP contribution in [0, 0.1) is 5.82 Å². The Hall–Kier alpha value is -2.44. The molecule has 122 valence electrons. The van der Waals surface area contributed by atoms with E-state index in [0.29, 0.717) is 25.9 Å². The molecule has 1 aromatic carbocycles. The first-order valence-electron chi connectivity index (χ1n) is 7.69. The fraction of sp³-hybridized carbons (Fsp3) is 0.438. The van der Waals surface area contributed by atoms with Crippen LogP contribution < -0.4 is 10.6 Å². The molecule has 3 rings (SSSR count). The minimum atomic E-state index is -0.635. The van der Waals surface area contributed by atoms with Crippen LogP contribution in [0.4, 0.5) is 9.18 Å². The average molecular weight is 319 g/mol. The normalized spacial score (nSPS) is 20.6. The second-order valence-electron chi connectivity index (χ2n) is 5.85. The van der Waals surface area contributed by atoms with E-state index < -0.39 is 12.1 Å². The molecular formula is C16H18FN3O3. The maximum Gasteiger partial charge on any atom is 0.322 e. The maximum absolute atomic E-state index is 13.3. The second kappa shape index (κ2) is 6.36. The van der Waals surface area contributed by atoms with Gasteiger partial charge in [0.25, 0.3) is 5.91 Å². The summed E-state index contributed by atoms with van der Waals surface area (Å²) in [5.41, 5.74) is 2.02. The van der Waals surface area contributed by atoms with Crippen LogP contribution in [0.2, 0.25) is 0 Å². The Morgan fingerprint density at radius 2 is 1.96 bits per heavy atom. The Labute approximate surface area is 133 Å². The van der Waals surface area contributed by atoms with E-state index in [1.165, 1.54) is 12.1 Å². The lowest BCUT2D eigenvalue weighted by molar-refractivity contribution is -0.131. The van der Waals surface area contributed by atoms with Crippen LogP contribution in [0.1, 0.15) is 24.0 Å². The lowest BCUT2D eigenvalue weighted by Crippen LogP contribution is -2.36. The number of fused-ring (bicyclic) bond motifs is 1. The van der Waals surface area contributed by atoms with Gasteiger partial charge in [-0.3, -0.25) is 14.9 Å². The first kappa shape index (κ1) is 15.5. The summed E-state index contributed by atoms with van der Waals surface area (Å²) in [6, 6.07) is 3.60. The lowest BCUT2D eigenvalue weighted by Gasteiger charge is -2.20. The molecule has 0 aliphatic carbocycles. The summed E-state index contributed by atoms with van der Waals surface area (Å²) < 4.78 is 13.3. The van der Waals surface area contributed by atoms with Gasteiger partial charge in [-0.15, -0.1) is 0 Å². The van der Waals surface area contributed by atoms with Gasteiger partial charge in [0, 0.05) is 19.5 Å². The van der Waals surface area contributed by atoms with Crippen molar-refractivity contribution in [1.29, 1.82) is 0 Å². The first-order valence-corrected chi connectivity index (χ1v) is 7.69. The minimum Gasteiger partial charge on any atom is -0.342 e. The highest BCUT2D eigenvalue weighted by atomic mass is 19.1. The molecule has 0 aromatic heterocycles. The van der Waals surface area contributed by atoms with Crippen molar-refractivity contribution in [3.63, 3.8) is 0 Å². The van der Waals surface area contributed by atoms with Gasteiger partial charge < -0.3 is 10.2 Å². The topological polar surface area (TPSA) is 78.5 Å². The Morgan fingerprint density at radius 3 is 2.65 bits per heavy atom. The smallest absolute Gasteiger partial charge is 0.322 e. The summed E-state index contributed by atoms with van der Waals surface area (Å²) in [4.78, 5) is 36.6. The van der Waals surface area contributed by atoms with E-state index in [2.05, 4.69) is 10.6 Å². The highest BCUT2D eigenvalue weighted by Gasteiger charge is 2.30. The van der Waals surface area contributed by atoms with Crippen molar-refractivity contribution in [1.82, 2.24) is 15.5 Å². The third-order valence-corrected chi connectivity index (χ3v) is 4.33. The van der Waals surface area contributed by atoms with E-state index in [1.807, 2.05) is 0 Å². The highest BCUT2D eigenvalue weighted by Crippen LogP contribution is 2.18. The molecule has 0 bridgehead atoms. The van der Waals surface area contributed by atoms with Gasteiger partial charge in [-0.25, -0.2) is 9.18 Å². The molecule has 2 N–H and O–H groups in total. The summed E-state index contributed by atoms with van der Waals surface area (Å²) in [6.45, 7) is 1.12. The van der Waals surface area contributed by atoms with Gasteiger partial charge in [0.2, 0.25) is 5.91 Å². The number of imide groups is 1. The van der Waals surface area contributed by atoms with Gasteiger partial charge in [-0.2, -0.15) is 0 Å². The van der Waals surface area contributed by atoms with E-state index in [1.54, 1.807) is 11.0 Å². The SMILES string of the molecule is O=C1NC(=O)C(CCC(=O)N2CCc3ccc(F)cc3CC2)N1. The van der Waals surface area contributed by atoms with Crippen molar-refractivity contribution in [2.24, 2.45) is 0 Å². The average Bonchev–Trinajstić information content (AvgIpc) is 2.72. The van der Waals surface area contributed by atoms with Crippen molar-refractivity contribution < 1.29 is 18.8 Å². The predicted molar refractivity (Wildman–Crippen MR) is 80.1 cm³/mol. The van der Waals surface area contributed by atoms with Gasteiger partial charge in [0.15, 0.2) is 0 Å². The van der Waals surface area contributed by atoms with Gasteiger partial charge >= 0.3 is 6.03 Å². The fourth-order valence-electron chi connectivity index (χ4n) is 3.03. The molecule has 1 aromatic rings. The quantitative estimate of drug-likeness (QED) is 0.807. The number of amides is 4. The van der Waals surface area contributed by atoms with Crippen molar-refractivity contribution in [2.45, 2.75) is 31.7 Å². The van der Waals surface area contributed by atoms with E-state index in [4.69, 9.17) is 0 Å². The van der Waals surface area contributed by atoms with E-state index in [9.17, 15) is 18.8 Å². The van der Waals surface area contributed by atoms with Gasteiger partial charge in [0.1, 0.15) is 11.9 Å². The molecule has 1 atom stereocenters. The van der Waals surface area contributed by atoms with Crippen LogP contribution in [0.15, 0.2) is 18.2 Å². The minimum absolute atomic E-state index is 0.0489. The molecular weight excluding hydrogens is 301 g/mol. The number of nitrogens with one attached hydrogen (secondary N) is 2. The third-order valence-electron chi connectivity index (χ3n) is 4.33. The summed E-state index contributed by atoms with van der Waals surface area (Å²) >= 11 is 0. The highest BCUT2D eigenvalue weighted by molar-refractivity contribution is 6.04. The van der Waals surface area contributed by atoms with E-state index in [-0.39, 0.29) is 30.5 Å². The predicted octanol–water partition coefficient (Wildman–Crippen LogP) is 0.741. The molecule has 23 heavy (non-hydrogen) atoms. The van der Waals surface area contributed by atoms with Gasteiger partial charge in [-0.05, 0) is 42.5 Å². The zero-order chi connectivity index (χ0) is 16.4.